The molecule has 1 aliphatic heterocycles. The van der Waals surface area contributed by atoms with Gasteiger partial charge in [0.05, 0.1) is 13.3 Å². The van der Waals surface area contributed by atoms with E-state index in [1.54, 1.807) is 0 Å². The van der Waals surface area contributed by atoms with Crippen LogP contribution in [0.4, 0.5) is 10.3 Å². The van der Waals surface area contributed by atoms with Crippen LogP contribution in [0.25, 0.3) is 0 Å². The van der Waals surface area contributed by atoms with E-state index in [0.717, 1.165) is 38.0 Å². The second-order valence-electron chi connectivity index (χ2n) is 5.93. The first kappa shape index (κ1) is 15.6. The number of methoxy groups -OCH3 is 1. The summed E-state index contributed by atoms with van der Waals surface area (Å²) in [5.74, 6) is 1.84. The minimum absolute atomic E-state index is 0.0319. The summed E-state index contributed by atoms with van der Waals surface area (Å²) in [4.78, 5) is 14.6. The van der Waals surface area contributed by atoms with Crippen LogP contribution in [0.1, 0.15) is 50.2 Å². The van der Waals surface area contributed by atoms with Crippen molar-refractivity contribution in [1.82, 2.24) is 20.1 Å². The van der Waals surface area contributed by atoms with Crippen molar-refractivity contribution in [2.75, 3.05) is 25.1 Å². The van der Waals surface area contributed by atoms with Crippen LogP contribution in [0.5, 0.6) is 5.88 Å². The molecule has 0 bridgehead atoms. The van der Waals surface area contributed by atoms with Crippen LogP contribution in [0, 0.1) is 5.82 Å². The zero-order chi connectivity index (χ0) is 16.4. The molecule has 23 heavy (non-hydrogen) atoms. The smallest absolute Gasteiger partial charge is 0.255 e. The number of nitrogens with zero attached hydrogens (tertiary/aromatic N) is 5. The molecule has 1 saturated heterocycles. The molecular formula is C15H20FN5O2. The Morgan fingerprint density at radius 2 is 2.04 bits per heavy atom. The van der Waals surface area contributed by atoms with Crippen LogP contribution in [0.2, 0.25) is 0 Å². The Balaban J connectivity index is 1.66. The highest BCUT2D eigenvalue weighted by atomic mass is 19.1. The van der Waals surface area contributed by atoms with Crippen LogP contribution in [-0.2, 0) is 0 Å². The van der Waals surface area contributed by atoms with Gasteiger partial charge in [-0.1, -0.05) is 19.0 Å². The van der Waals surface area contributed by atoms with Crippen molar-refractivity contribution < 1.29 is 13.7 Å². The maximum Gasteiger partial charge on any atom is 0.255 e. The van der Waals surface area contributed by atoms with Crippen LogP contribution >= 0.6 is 0 Å². The summed E-state index contributed by atoms with van der Waals surface area (Å²) in [6.45, 7) is 5.57. The van der Waals surface area contributed by atoms with E-state index < -0.39 is 5.82 Å². The highest BCUT2D eigenvalue weighted by Crippen LogP contribution is 2.29. The Morgan fingerprint density at radius 1 is 1.30 bits per heavy atom. The van der Waals surface area contributed by atoms with Crippen molar-refractivity contribution >= 4 is 5.95 Å². The average Bonchev–Trinajstić information content (AvgIpc) is 3.06. The molecule has 2 aromatic rings. The summed E-state index contributed by atoms with van der Waals surface area (Å²) in [6.07, 6.45) is 2.87. The lowest BCUT2D eigenvalue weighted by atomic mass is 9.97. The van der Waals surface area contributed by atoms with E-state index in [2.05, 4.69) is 20.1 Å². The molecule has 2 aromatic heterocycles. The van der Waals surface area contributed by atoms with Gasteiger partial charge in [0.15, 0.2) is 5.82 Å². The predicted molar refractivity (Wildman–Crippen MR) is 81.1 cm³/mol. The molecule has 1 aliphatic rings. The second kappa shape index (κ2) is 6.47. The molecule has 3 rings (SSSR count). The first-order valence-corrected chi connectivity index (χ1v) is 7.73. The van der Waals surface area contributed by atoms with Crippen LogP contribution < -0.4 is 9.64 Å². The zero-order valence-electron chi connectivity index (χ0n) is 13.5. The van der Waals surface area contributed by atoms with Crippen molar-refractivity contribution in [3.63, 3.8) is 0 Å². The van der Waals surface area contributed by atoms with Gasteiger partial charge < -0.3 is 14.2 Å². The van der Waals surface area contributed by atoms with Gasteiger partial charge in [-0.15, -0.1) is 0 Å². The van der Waals surface area contributed by atoms with Gasteiger partial charge in [0, 0.05) is 24.9 Å². The fourth-order valence-electron chi connectivity index (χ4n) is 2.61. The van der Waals surface area contributed by atoms with Crippen molar-refractivity contribution in [2.24, 2.45) is 0 Å². The van der Waals surface area contributed by atoms with Gasteiger partial charge in [0.1, 0.15) is 0 Å². The van der Waals surface area contributed by atoms with E-state index in [4.69, 9.17) is 9.26 Å². The molecule has 0 aliphatic carbocycles. The Kier molecular flexibility index (Phi) is 4.40. The quantitative estimate of drug-likeness (QED) is 0.856. The topological polar surface area (TPSA) is 77.2 Å². The maximum absolute atomic E-state index is 13.4. The minimum atomic E-state index is -0.557. The third-order valence-electron chi connectivity index (χ3n) is 3.99. The number of halogens is 1. The van der Waals surface area contributed by atoms with Gasteiger partial charge in [-0.25, -0.2) is 4.98 Å². The summed E-state index contributed by atoms with van der Waals surface area (Å²) < 4.78 is 23.7. The summed E-state index contributed by atoms with van der Waals surface area (Å²) in [7, 11) is 1.39. The Morgan fingerprint density at radius 3 is 2.65 bits per heavy atom. The lowest BCUT2D eigenvalue weighted by Gasteiger charge is -2.30. The Bertz CT molecular complexity index is 668. The van der Waals surface area contributed by atoms with Gasteiger partial charge >= 0.3 is 0 Å². The molecule has 0 atom stereocenters. The number of aromatic nitrogens is 4. The summed E-state index contributed by atoms with van der Waals surface area (Å²) in [6, 6.07) is 0. The lowest BCUT2D eigenvalue weighted by Crippen LogP contribution is -2.34. The molecule has 0 spiro atoms. The predicted octanol–water partition coefficient (Wildman–Crippen LogP) is 2.51. The molecule has 0 radical (unpaired) electrons. The van der Waals surface area contributed by atoms with E-state index in [1.807, 2.05) is 18.7 Å². The van der Waals surface area contributed by atoms with Gasteiger partial charge in [-0.2, -0.15) is 14.4 Å². The van der Waals surface area contributed by atoms with Crippen molar-refractivity contribution in [3.8, 4) is 5.88 Å². The van der Waals surface area contributed by atoms with Gasteiger partial charge in [-0.05, 0) is 12.8 Å². The molecule has 0 amide bonds. The third-order valence-corrected chi connectivity index (χ3v) is 3.99. The second-order valence-corrected chi connectivity index (χ2v) is 5.93. The number of piperidine rings is 1. The first-order valence-electron chi connectivity index (χ1n) is 7.73. The molecule has 3 heterocycles. The molecule has 8 heteroatoms. The molecule has 0 N–H and O–H groups in total. The number of hydrogen-bond acceptors (Lipinski definition) is 7. The monoisotopic (exact) mass is 321 g/mol. The molecule has 7 nitrogen and oxygen atoms in total. The van der Waals surface area contributed by atoms with Crippen LogP contribution in [0.3, 0.4) is 0 Å². The number of rotatable bonds is 4. The van der Waals surface area contributed by atoms with Gasteiger partial charge in [0.25, 0.3) is 5.88 Å². The van der Waals surface area contributed by atoms with E-state index in [0.29, 0.717) is 11.8 Å². The Hall–Kier alpha value is -2.25. The molecule has 0 saturated carbocycles. The number of anilines is 1. The molecule has 1 fully saturated rings. The summed E-state index contributed by atoms with van der Waals surface area (Å²) >= 11 is 0. The fraction of sp³-hybridized carbons (Fsp3) is 0.600. The van der Waals surface area contributed by atoms with E-state index in [-0.39, 0.29) is 17.7 Å². The minimum Gasteiger partial charge on any atom is -0.479 e. The molecule has 0 aromatic carbocycles. The van der Waals surface area contributed by atoms with E-state index in [1.165, 1.54) is 7.11 Å². The van der Waals surface area contributed by atoms with Crippen molar-refractivity contribution in [3.05, 3.63) is 23.7 Å². The lowest BCUT2D eigenvalue weighted by molar-refractivity contribution is 0.324. The Labute approximate surface area is 133 Å². The largest absolute Gasteiger partial charge is 0.479 e. The standard InChI is InChI=1S/C15H20FN5O2/c1-9(2)12-18-13(23-20-12)10-4-6-21(7-5-10)15-17-8-11(16)14(19-15)22-3/h8-10H,4-7H2,1-3H3. The van der Waals surface area contributed by atoms with Gasteiger partial charge in [-0.3, -0.25) is 0 Å². The zero-order valence-corrected chi connectivity index (χ0v) is 13.5. The van der Waals surface area contributed by atoms with Gasteiger partial charge in [0.2, 0.25) is 17.7 Å². The van der Waals surface area contributed by atoms with Crippen molar-refractivity contribution in [2.45, 2.75) is 38.5 Å². The molecule has 0 unspecified atom stereocenters. The highest BCUT2D eigenvalue weighted by molar-refractivity contribution is 5.33. The van der Waals surface area contributed by atoms with Crippen LogP contribution in [0.15, 0.2) is 10.7 Å². The number of hydrogen-bond donors (Lipinski definition) is 0. The molecular weight excluding hydrogens is 301 g/mol. The first-order chi connectivity index (χ1) is 11.1. The number of ether oxygens (including phenoxy) is 1. The normalized spacial score (nSPS) is 16.1. The SMILES string of the molecule is COc1nc(N2CCC(c3nc(C(C)C)no3)CC2)ncc1F. The highest BCUT2D eigenvalue weighted by Gasteiger charge is 2.27. The van der Waals surface area contributed by atoms with E-state index in [9.17, 15) is 4.39 Å². The molecule has 124 valence electrons. The third kappa shape index (κ3) is 3.25. The fourth-order valence-corrected chi connectivity index (χ4v) is 2.61. The van der Waals surface area contributed by atoms with Crippen molar-refractivity contribution in [1.29, 1.82) is 0 Å². The average molecular weight is 321 g/mol. The van der Waals surface area contributed by atoms with Crippen LogP contribution in [-0.4, -0.2) is 40.3 Å². The maximum atomic E-state index is 13.4. The summed E-state index contributed by atoms with van der Waals surface area (Å²) in [5.41, 5.74) is 0. The summed E-state index contributed by atoms with van der Waals surface area (Å²) in [5, 5.41) is 4.02. The van der Waals surface area contributed by atoms with E-state index >= 15 is 0 Å².